The third-order valence-electron chi connectivity index (χ3n) is 2.58. The molecule has 0 aliphatic heterocycles. The molecule has 2 atom stereocenters. The Labute approximate surface area is 88.1 Å². The number of hydrogen-bond donors (Lipinski definition) is 1. The van der Waals surface area contributed by atoms with Crippen molar-refractivity contribution in [2.75, 3.05) is 12.8 Å². The molecule has 0 heterocycles. The van der Waals surface area contributed by atoms with Crippen molar-refractivity contribution in [1.29, 1.82) is 0 Å². The van der Waals surface area contributed by atoms with Crippen LogP contribution in [0.25, 0.3) is 0 Å². The lowest BCUT2D eigenvalue weighted by atomic mass is 10.1. The van der Waals surface area contributed by atoms with Crippen molar-refractivity contribution >= 4 is 11.8 Å². The summed E-state index contributed by atoms with van der Waals surface area (Å²) < 4.78 is 0. The number of hydrogen-bond acceptors (Lipinski definition) is 2. The maximum absolute atomic E-state index is 3.34. The van der Waals surface area contributed by atoms with Crippen LogP contribution in [-0.4, -0.2) is 24.1 Å². The number of nitrogens with one attached hydrogen (secondary N) is 1. The Kier molecular flexibility index (Phi) is 9.10. The molecule has 0 aliphatic carbocycles. The van der Waals surface area contributed by atoms with Gasteiger partial charge in [0, 0.05) is 11.3 Å². The molecule has 0 saturated heterocycles. The predicted octanol–water partition coefficient (Wildman–Crippen LogP) is 3.30. The van der Waals surface area contributed by atoms with Crippen LogP contribution < -0.4 is 5.32 Å². The van der Waals surface area contributed by atoms with Gasteiger partial charge in [-0.15, -0.1) is 0 Å². The zero-order chi connectivity index (χ0) is 10.1. The molecule has 0 fully saturated rings. The van der Waals surface area contributed by atoms with E-state index in [9.17, 15) is 0 Å². The van der Waals surface area contributed by atoms with Crippen molar-refractivity contribution < 1.29 is 0 Å². The molecule has 0 radical (unpaired) electrons. The van der Waals surface area contributed by atoms with Crippen LogP contribution in [-0.2, 0) is 0 Å². The van der Waals surface area contributed by atoms with Crippen molar-refractivity contribution in [3.8, 4) is 0 Å². The van der Waals surface area contributed by atoms with E-state index in [-0.39, 0.29) is 0 Å². The molecule has 2 unspecified atom stereocenters. The Hall–Kier alpha value is 0.310. The average Bonchev–Trinajstić information content (AvgIpc) is 2.18. The Morgan fingerprint density at radius 3 is 2.38 bits per heavy atom. The molecule has 0 aromatic heterocycles. The highest BCUT2D eigenvalue weighted by molar-refractivity contribution is 7.99. The van der Waals surface area contributed by atoms with Gasteiger partial charge in [0.1, 0.15) is 0 Å². The normalized spacial score (nSPS) is 15.7. The van der Waals surface area contributed by atoms with Crippen LogP contribution in [0.1, 0.15) is 46.5 Å². The molecular weight excluding hydrogens is 178 g/mol. The van der Waals surface area contributed by atoms with Crippen LogP contribution in [0.15, 0.2) is 0 Å². The second-order valence-corrected chi connectivity index (χ2v) is 5.17. The maximum Gasteiger partial charge on any atom is 0.00617 e. The summed E-state index contributed by atoms with van der Waals surface area (Å²) in [5.74, 6) is 1.33. The van der Waals surface area contributed by atoms with Crippen LogP contribution in [0.5, 0.6) is 0 Å². The molecule has 0 rings (SSSR count). The number of thioether (sulfide) groups is 1. The van der Waals surface area contributed by atoms with E-state index in [1.54, 1.807) is 0 Å². The lowest BCUT2D eigenvalue weighted by Crippen LogP contribution is -2.24. The van der Waals surface area contributed by atoms with Gasteiger partial charge in [-0.25, -0.2) is 0 Å². The van der Waals surface area contributed by atoms with Crippen LogP contribution in [0, 0.1) is 0 Å². The fourth-order valence-corrected chi connectivity index (χ4v) is 2.26. The molecule has 0 aromatic carbocycles. The molecule has 80 valence electrons. The molecule has 0 amide bonds. The third kappa shape index (κ3) is 7.39. The highest BCUT2D eigenvalue weighted by Gasteiger charge is 2.03. The summed E-state index contributed by atoms with van der Waals surface area (Å²) >= 11 is 2.11. The van der Waals surface area contributed by atoms with Crippen molar-refractivity contribution in [1.82, 2.24) is 5.32 Å². The fraction of sp³-hybridized carbons (Fsp3) is 1.00. The summed E-state index contributed by atoms with van der Waals surface area (Å²) in [4.78, 5) is 0. The largest absolute Gasteiger partial charge is 0.317 e. The second-order valence-electron chi connectivity index (χ2n) is 3.63. The molecule has 0 aromatic rings. The quantitative estimate of drug-likeness (QED) is 0.608. The Morgan fingerprint density at radius 1 is 1.23 bits per heavy atom. The average molecular weight is 203 g/mol. The SMILES string of the molecule is CCC(CCCSC(C)CC)NC. The van der Waals surface area contributed by atoms with Gasteiger partial charge in [0.2, 0.25) is 0 Å². The Bertz CT molecular complexity index is 102. The summed E-state index contributed by atoms with van der Waals surface area (Å²) in [5, 5.41) is 4.19. The Balaban J connectivity index is 3.23. The molecule has 13 heavy (non-hydrogen) atoms. The molecule has 1 N–H and O–H groups in total. The standard InChI is InChI=1S/C11H25NS/c1-5-10(3)13-9-7-8-11(6-2)12-4/h10-12H,5-9H2,1-4H3. The van der Waals surface area contributed by atoms with Gasteiger partial charge in [0.15, 0.2) is 0 Å². The topological polar surface area (TPSA) is 12.0 Å². The van der Waals surface area contributed by atoms with Crippen molar-refractivity contribution in [2.24, 2.45) is 0 Å². The van der Waals surface area contributed by atoms with Crippen molar-refractivity contribution in [3.63, 3.8) is 0 Å². The van der Waals surface area contributed by atoms with Gasteiger partial charge < -0.3 is 5.32 Å². The first-order chi connectivity index (χ1) is 6.24. The lowest BCUT2D eigenvalue weighted by molar-refractivity contribution is 0.504. The minimum Gasteiger partial charge on any atom is -0.317 e. The first-order valence-electron chi connectivity index (χ1n) is 5.53. The molecule has 0 saturated carbocycles. The summed E-state index contributed by atoms with van der Waals surface area (Å²) in [6.45, 7) is 6.84. The van der Waals surface area contributed by atoms with E-state index >= 15 is 0 Å². The molecule has 2 heteroatoms. The van der Waals surface area contributed by atoms with E-state index in [4.69, 9.17) is 0 Å². The number of rotatable bonds is 8. The van der Waals surface area contributed by atoms with Gasteiger partial charge in [0.25, 0.3) is 0 Å². The van der Waals surface area contributed by atoms with Crippen LogP contribution in [0.2, 0.25) is 0 Å². The third-order valence-corrected chi connectivity index (χ3v) is 4.00. The first-order valence-corrected chi connectivity index (χ1v) is 6.58. The van der Waals surface area contributed by atoms with E-state index in [1.807, 2.05) is 0 Å². The van der Waals surface area contributed by atoms with E-state index in [1.165, 1.54) is 31.4 Å². The summed E-state index contributed by atoms with van der Waals surface area (Å²) in [5.41, 5.74) is 0. The summed E-state index contributed by atoms with van der Waals surface area (Å²) in [7, 11) is 2.07. The van der Waals surface area contributed by atoms with Gasteiger partial charge in [-0.1, -0.05) is 20.8 Å². The summed E-state index contributed by atoms with van der Waals surface area (Å²) in [6.07, 6.45) is 5.24. The van der Waals surface area contributed by atoms with Crippen molar-refractivity contribution in [2.45, 2.75) is 57.7 Å². The fourth-order valence-electron chi connectivity index (χ4n) is 1.28. The van der Waals surface area contributed by atoms with E-state index in [0.29, 0.717) is 0 Å². The minimum atomic E-state index is 0.734. The molecular formula is C11H25NS. The van der Waals surface area contributed by atoms with Crippen LogP contribution in [0.4, 0.5) is 0 Å². The van der Waals surface area contributed by atoms with Crippen LogP contribution in [0.3, 0.4) is 0 Å². The van der Waals surface area contributed by atoms with E-state index in [2.05, 4.69) is 44.9 Å². The highest BCUT2D eigenvalue weighted by atomic mass is 32.2. The van der Waals surface area contributed by atoms with E-state index < -0.39 is 0 Å². The Morgan fingerprint density at radius 2 is 1.92 bits per heavy atom. The van der Waals surface area contributed by atoms with Crippen molar-refractivity contribution in [3.05, 3.63) is 0 Å². The molecule has 0 spiro atoms. The van der Waals surface area contributed by atoms with Gasteiger partial charge in [-0.2, -0.15) is 11.8 Å². The summed E-state index contributed by atoms with van der Waals surface area (Å²) in [6, 6.07) is 0.734. The first kappa shape index (κ1) is 13.3. The smallest absolute Gasteiger partial charge is 0.00617 e. The van der Waals surface area contributed by atoms with Gasteiger partial charge >= 0.3 is 0 Å². The highest BCUT2D eigenvalue weighted by Crippen LogP contribution is 2.16. The molecule has 0 bridgehead atoms. The molecule has 1 nitrogen and oxygen atoms in total. The monoisotopic (exact) mass is 203 g/mol. The zero-order valence-electron chi connectivity index (χ0n) is 9.60. The van der Waals surface area contributed by atoms with E-state index in [0.717, 1.165) is 11.3 Å². The minimum absolute atomic E-state index is 0.734. The second kappa shape index (κ2) is 8.89. The molecule has 0 aliphatic rings. The lowest BCUT2D eigenvalue weighted by Gasteiger charge is -2.14. The van der Waals surface area contributed by atoms with Gasteiger partial charge in [0.05, 0.1) is 0 Å². The maximum atomic E-state index is 3.34. The zero-order valence-corrected chi connectivity index (χ0v) is 10.4. The predicted molar refractivity (Wildman–Crippen MR) is 64.6 cm³/mol. The van der Waals surface area contributed by atoms with Gasteiger partial charge in [-0.3, -0.25) is 0 Å². The van der Waals surface area contributed by atoms with Crippen LogP contribution >= 0.6 is 11.8 Å². The van der Waals surface area contributed by atoms with Gasteiger partial charge in [-0.05, 0) is 38.5 Å².